The summed E-state index contributed by atoms with van der Waals surface area (Å²) in [5.41, 5.74) is 7.46. The lowest BCUT2D eigenvalue weighted by Crippen LogP contribution is -2.27. The first-order valence-electron chi connectivity index (χ1n) is 13.0. The monoisotopic (exact) mass is 479 g/mol. The second-order valence-electron chi connectivity index (χ2n) is 10.2. The van der Waals surface area contributed by atoms with Crippen LogP contribution >= 0.6 is 0 Å². The molecule has 0 amide bonds. The van der Waals surface area contributed by atoms with Crippen molar-refractivity contribution >= 4 is 22.8 Å². The molecule has 3 unspecified atom stereocenters. The summed E-state index contributed by atoms with van der Waals surface area (Å²) >= 11 is 0. The summed E-state index contributed by atoms with van der Waals surface area (Å²) in [7, 11) is 1.68. The van der Waals surface area contributed by atoms with Crippen molar-refractivity contribution < 1.29 is 9.53 Å². The summed E-state index contributed by atoms with van der Waals surface area (Å²) in [6.45, 7) is 3.41. The molecule has 1 aliphatic carbocycles. The Kier molecular flexibility index (Phi) is 5.92. The van der Waals surface area contributed by atoms with Crippen molar-refractivity contribution in [3.05, 3.63) is 95.2 Å². The lowest BCUT2D eigenvalue weighted by Gasteiger charge is -2.30. The highest BCUT2D eigenvalue weighted by Gasteiger charge is 2.36. The van der Waals surface area contributed by atoms with E-state index in [1.807, 2.05) is 24.3 Å². The number of carbonyl (C=O) groups is 1. The molecule has 3 aromatic rings. The topological polar surface area (TPSA) is 53.6 Å². The molecule has 0 bridgehead atoms. The van der Waals surface area contributed by atoms with Crippen LogP contribution in [-0.2, 0) is 4.79 Å². The van der Waals surface area contributed by atoms with Crippen LogP contribution in [0.4, 0.5) is 17.1 Å². The molecular weight excluding hydrogens is 446 g/mol. The van der Waals surface area contributed by atoms with Gasteiger partial charge in [0.1, 0.15) is 5.75 Å². The first-order chi connectivity index (χ1) is 17.6. The summed E-state index contributed by atoms with van der Waals surface area (Å²) in [6, 6.07) is 25.6. The number of ketones is 1. The van der Waals surface area contributed by atoms with Gasteiger partial charge in [0.15, 0.2) is 5.78 Å². The standard InChI is InChI=1S/C31H33N3O2/c1-20-6-5-17-34(20)24-13-9-22(10-14-24)31-30-28(32-26-7-3-4-8-27(26)33-31)18-23(19-29(30)35)21-11-15-25(36-2)16-12-21/h3-4,7-16,20,23,31-33H,5-6,17-19H2,1-2H3. The number of nitrogens with one attached hydrogen (secondary N) is 2. The Balaban J connectivity index is 1.37. The van der Waals surface area contributed by atoms with E-state index in [-0.39, 0.29) is 17.7 Å². The van der Waals surface area contributed by atoms with Crippen molar-refractivity contribution in [3.63, 3.8) is 0 Å². The third-order valence-corrected chi connectivity index (χ3v) is 8.01. The molecule has 36 heavy (non-hydrogen) atoms. The molecule has 0 aromatic heterocycles. The molecule has 5 heteroatoms. The molecule has 1 saturated heterocycles. The van der Waals surface area contributed by atoms with Crippen LogP contribution in [0.2, 0.25) is 0 Å². The van der Waals surface area contributed by atoms with E-state index < -0.39 is 0 Å². The molecule has 6 rings (SSSR count). The van der Waals surface area contributed by atoms with Gasteiger partial charge in [-0.2, -0.15) is 0 Å². The van der Waals surface area contributed by atoms with Crippen molar-refractivity contribution in [2.24, 2.45) is 0 Å². The van der Waals surface area contributed by atoms with Crippen LogP contribution in [0.5, 0.6) is 5.75 Å². The average Bonchev–Trinajstić information content (AvgIpc) is 3.26. The van der Waals surface area contributed by atoms with E-state index in [9.17, 15) is 4.79 Å². The minimum absolute atomic E-state index is 0.139. The van der Waals surface area contributed by atoms with E-state index in [1.165, 1.54) is 24.1 Å². The number of nitrogens with zero attached hydrogens (tertiary/aromatic N) is 1. The third-order valence-electron chi connectivity index (χ3n) is 8.01. The maximum Gasteiger partial charge on any atom is 0.163 e. The van der Waals surface area contributed by atoms with Crippen LogP contribution < -0.4 is 20.3 Å². The van der Waals surface area contributed by atoms with Gasteiger partial charge in [0.05, 0.1) is 24.5 Å². The van der Waals surface area contributed by atoms with E-state index in [2.05, 4.69) is 71.0 Å². The highest BCUT2D eigenvalue weighted by Crippen LogP contribution is 2.44. The van der Waals surface area contributed by atoms with Crippen LogP contribution in [0.3, 0.4) is 0 Å². The fourth-order valence-corrected chi connectivity index (χ4v) is 6.03. The van der Waals surface area contributed by atoms with Gasteiger partial charge in [0, 0.05) is 36.0 Å². The molecule has 184 valence electrons. The number of benzene rings is 3. The largest absolute Gasteiger partial charge is 0.497 e. The Morgan fingerprint density at radius 1 is 0.889 bits per heavy atom. The number of hydrogen-bond acceptors (Lipinski definition) is 5. The zero-order chi connectivity index (χ0) is 24.6. The molecule has 3 aromatic carbocycles. The molecule has 3 atom stereocenters. The van der Waals surface area contributed by atoms with Crippen molar-refractivity contribution in [2.45, 2.75) is 50.6 Å². The molecule has 5 nitrogen and oxygen atoms in total. The lowest BCUT2D eigenvalue weighted by molar-refractivity contribution is -0.116. The van der Waals surface area contributed by atoms with Gasteiger partial charge in [-0.3, -0.25) is 4.79 Å². The summed E-state index contributed by atoms with van der Waals surface area (Å²) in [4.78, 5) is 16.3. The number of hydrogen-bond donors (Lipinski definition) is 2. The van der Waals surface area contributed by atoms with Gasteiger partial charge in [0.25, 0.3) is 0 Å². The van der Waals surface area contributed by atoms with Gasteiger partial charge in [-0.25, -0.2) is 0 Å². The van der Waals surface area contributed by atoms with Crippen molar-refractivity contribution in [1.82, 2.24) is 0 Å². The number of allylic oxidation sites excluding steroid dienone is 1. The minimum Gasteiger partial charge on any atom is -0.497 e. The summed E-state index contributed by atoms with van der Waals surface area (Å²) in [6.07, 6.45) is 3.79. The first-order valence-corrected chi connectivity index (χ1v) is 13.0. The fourth-order valence-electron chi connectivity index (χ4n) is 6.03. The van der Waals surface area contributed by atoms with E-state index >= 15 is 0 Å². The Morgan fingerprint density at radius 2 is 1.61 bits per heavy atom. The van der Waals surface area contributed by atoms with Crippen LogP contribution in [0.15, 0.2) is 84.1 Å². The Hall–Kier alpha value is -3.73. The number of fused-ring (bicyclic) bond motifs is 1. The van der Waals surface area contributed by atoms with Crippen LogP contribution in [0, 0.1) is 0 Å². The molecule has 0 spiro atoms. The van der Waals surface area contributed by atoms with Crippen molar-refractivity contribution in [1.29, 1.82) is 0 Å². The lowest BCUT2D eigenvalue weighted by atomic mass is 9.78. The Labute approximate surface area is 213 Å². The van der Waals surface area contributed by atoms with Gasteiger partial charge in [-0.15, -0.1) is 0 Å². The molecule has 2 heterocycles. The van der Waals surface area contributed by atoms with Gasteiger partial charge in [0.2, 0.25) is 0 Å². The number of Topliss-reactive ketones (excluding diaryl/α,β-unsaturated/α-hetero) is 1. The van der Waals surface area contributed by atoms with E-state index in [1.54, 1.807) is 7.11 Å². The van der Waals surface area contributed by atoms with Crippen LogP contribution in [-0.4, -0.2) is 25.5 Å². The average molecular weight is 480 g/mol. The number of methoxy groups -OCH3 is 1. The molecule has 1 fully saturated rings. The maximum absolute atomic E-state index is 13.8. The normalized spacial score (nSPS) is 23.3. The molecule has 0 saturated carbocycles. The third kappa shape index (κ3) is 4.13. The minimum atomic E-state index is -0.189. The van der Waals surface area contributed by atoms with Gasteiger partial charge in [-0.1, -0.05) is 36.4 Å². The smallest absolute Gasteiger partial charge is 0.163 e. The zero-order valence-corrected chi connectivity index (χ0v) is 21.0. The molecule has 3 aliphatic rings. The molecular formula is C31H33N3O2. The predicted octanol–water partition coefficient (Wildman–Crippen LogP) is 6.66. The van der Waals surface area contributed by atoms with E-state index in [0.29, 0.717) is 12.5 Å². The van der Waals surface area contributed by atoms with Crippen LogP contribution in [0.1, 0.15) is 55.7 Å². The molecule has 2 N–H and O–H groups in total. The Morgan fingerprint density at radius 3 is 2.31 bits per heavy atom. The number of ether oxygens (including phenoxy) is 1. The summed E-state index contributed by atoms with van der Waals surface area (Å²) in [5, 5.41) is 7.34. The highest BCUT2D eigenvalue weighted by molar-refractivity contribution is 6.01. The zero-order valence-electron chi connectivity index (χ0n) is 21.0. The number of anilines is 3. The number of carbonyl (C=O) groups excluding carboxylic acids is 1. The van der Waals surface area contributed by atoms with Crippen molar-refractivity contribution in [2.75, 3.05) is 29.2 Å². The van der Waals surface area contributed by atoms with Gasteiger partial charge < -0.3 is 20.3 Å². The quantitative estimate of drug-likeness (QED) is 0.438. The highest BCUT2D eigenvalue weighted by atomic mass is 16.5. The van der Waals surface area contributed by atoms with E-state index in [0.717, 1.165) is 46.9 Å². The predicted molar refractivity (Wildman–Crippen MR) is 146 cm³/mol. The number of rotatable bonds is 4. The molecule has 0 radical (unpaired) electrons. The summed E-state index contributed by atoms with van der Waals surface area (Å²) < 4.78 is 5.33. The second-order valence-corrected chi connectivity index (χ2v) is 10.2. The SMILES string of the molecule is COc1ccc(C2CC(=O)C3=C(C2)Nc2ccccc2NC3c2ccc(N3CCCC3C)cc2)cc1. The second kappa shape index (κ2) is 9.38. The summed E-state index contributed by atoms with van der Waals surface area (Å²) in [5.74, 6) is 1.17. The Bertz CT molecular complexity index is 1300. The van der Waals surface area contributed by atoms with Gasteiger partial charge in [-0.05, 0) is 79.6 Å². The first kappa shape index (κ1) is 22.7. The number of para-hydroxylation sites is 2. The van der Waals surface area contributed by atoms with Gasteiger partial charge >= 0.3 is 0 Å². The molecule has 2 aliphatic heterocycles. The van der Waals surface area contributed by atoms with Crippen molar-refractivity contribution in [3.8, 4) is 5.75 Å². The van der Waals surface area contributed by atoms with Crippen LogP contribution in [0.25, 0.3) is 0 Å². The maximum atomic E-state index is 13.8. The fraction of sp³-hybridized carbons (Fsp3) is 0.323. The van der Waals surface area contributed by atoms with E-state index in [4.69, 9.17) is 4.74 Å².